The van der Waals surface area contributed by atoms with Crippen LogP contribution in [-0.4, -0.2) is 5.38 Å². The van der Waals surface area contributed by atoms with E-state index in [4.69, 9.17) is 11.6 Å². The molecule has 0 aromatic carbocycles. The maximum Gasteiger partial charge on any atom is 0.0415 e. The Bertz CT molecular complexity index is 129. The summed E-state index contributed by atoms with van der Waals surface area (Å²) in [4.78, 5) is 0. The van der Waals surface area contributed by atoms with Gasteiger partial charge in [-0.1, -0.05) is 28.1 Å². The van der Waals surface area contributed by atoms with Crippen molar-refractivity contribution in [2.45, 2.75) is 25.1 Å². The molecule has 0 rings (SSSR count). The molecule has 0 aromatic heterocycles. The molecule has 0 aliphatic carbocycles. The fraction of sp³-hybridized carbons (Fsp3) is 0.500. The van der Waals surface area contributed by atoms with Crippen molar-refractivity contribution in [1.82, 2.24) is 0 Å². The van der Waals surface area contributed by atoms with Crippen molar-refractivity contribution in [3.8, 4) is 0 Å². The Morgan fingerprint density at radius 2 is 2.40 bits per heavy atom. The highest BCUT2D eigenvalue weighted by molar-refractivity contribution is 9.11. The zero-order valence-electron chi connectivity index (χ0n) is 6.11. The zero-order valence-corrected chi connectivity index (χ0v) is 8.45. The van der Waals surface area contributed by atoms with Crippen LogP contribution >= 0.6 is 27.5 Å². The average molecular weight is 224 g/mol. The van der Waals surface area contributed by atoms with Crippen LogP contribution in [0.2, 0.25) is 0 Å². The number of allylic oxidation sites excluding steroid dienone is 3. The number of hydrogen-bond acceptors (Lipinski definition) is 0. The predicted octanol–water partition coefficient (Wildman–Crippen LogP) is 3.86. The number of alkyl halides is 1. The first-order valence-electron chi connectivity index (χ1n) is 3.26. The van der Waals surface area contributed by atoms with E-state index in [0.717, 1.165) is 17.3 Å². The Kier molecular flexibility index (Phi) is 6.14. The summed E-state index contributed by atoms with van der Waals surface area (Å²) in [5.41, 5.74) is 0. The summed E-state index contributed by atoms with van der Waals surface area (Å²) < 4.78 is 1.16. The molecular formula is C8H12BrCl. The molecule has 0 amide bonds. The van der Waals surface area contributed by atoms with Crippen LogP contribution in [0.4, 0.5) is 0 Å². The molecule has 0 spiro atoms. The highest BCUT2D eigenvalue weighted by Crippen LogP contribution is 2.18. The average Bonchev–Trinajstić information content (AvgIpc) is 1.88. The molecule has 0 aliphatic heterocycles. The minimum Gasteiger partial charge on any atom is -0.122 e. The lowest BCUT2D eigenvalue weighted by Crippen LogP contribution is -1.94. The molecule has 0 radical (unpaired) electrons. The smallest absolute Gasteiger partial charge is 0.0415 e. The van der Waals surface area contributed by atoms with Gasteiger partial charge in [0.15, 0.2) is 0 Å². The lowest BCUT2D eigenvalue weighted by Gasteiger charge is -2.03. The van der Waals surface area contributed by atoms with Gasteiger partial charge in [0.1, 0.15) is 0 Å². The quantitative estimate of drug-likeness (QED) is 0.501. The first-order valence-corrected chi connectivity index (χ1v) is 4.49. The molecule has 10 heavy (non-hydrogen) atoms. The molecule has 0 aromatic rings. The third kappa shape index (κ3) is 5.07. The normalized spacial score (nSPS) is 14.9. The summed E-state index contributed by atoms with van der Waals surface area (Å²) in [6.07, 6.45) is 5.61. The van der Waals surface area contributed by atoms with Gasteiger partial charge in [-0.2, -0.15) is 0 Å². The van der Waals surface area contributed by atoms with Crippen LogP contribution < -0.4 is 0 Å². The molecule has 0 heterocycles. The van der Waals surface area contributed by atoms with Crippen molar-refractivity contribution >= 4 is 27.5 Å². The van der Waals surface area contributed by atoms with E-state index in [1.807, 2.05) is 19.1 Å². The van der Waals surface area contributed by atoms with E-state index in [0.29, 0.717) is 0 Å². The highest BCUT2D eigenvalue weighted by Gasteiger charge is 2.02. The molecule has 1 unspecified atom stereocenters. The van der Waals surface area contributed by atoms with Crippen molar-refractivity contribution in [1.29, 1.82) is 0 Å². The second-order valence-electron chi connectivity index (χ2n) is 2.06. The van der Waals surface area contributed by atoms with Gasteiger partial charge in [-0.3, -0.25) is 0 Å². The minimum absolute atomic E-state index is 0.183. The van der Waals surface area contributed by atoms with E-state index in [1.54, 1.807) is 0 Å². The van der Waals surface area contributed by atoms with E-state index in [1.165, 1.54) is 0 Å². The van der Waals surface area contributed by atoms with Gasteiger partial charge >= 0.3 is 0 Å². The van der Waals surface area contributed by atoms with Crippen molar-refractivity contribution in [2.24, 2.45) is 0 Å². The first-order chi connectivity index (χ1) is 4.70. The largest absolute Gasteiger partial charge is 0.122 e. The Labute approximate surface area is 76.1 Å². The lowest BCUT2D eigenvalue weighted by atomic mass is 10.2. The van der Waals surface area contributed by atoms with E-state index in [9.17, 15) is 0 Å². The molecule has 2 heteroatoms. The van der Waals surface area contributed by atoms with Crippen molar-refractivity contribution in [3.63, 3.8) is 0 Å². The van der Waals surface area contributed by atoms with Crippen LogP contribution in [0.3, 0.4) is 0 Å². The van der Waals surface area contributed by atoms with Gasteiger partial charge in [0.2, 0.25) is 0 Å². The maximum atomic E-state index is 5.91. The van der Waals surface area contributed by atoms with Crippen LogP contribution in [-0.2, 0) is 0 Å². The first kappa shape index (κ1) is 10.2. The lowest BCUT2D eigenvalue weighted by molar-refractivity contribution is 0.873. The fourth-order valence-corrected chi connectivity index (χ4v) is 1.46. The Balaban J connectivity index is 3.56. The van der Waals surface area contributed by atoms with Gasteiger partial charge in [0, 0.05) is 5.38 Å². The van der Waals surface area contributed by atoms with Crippen LogP contribution in [0.1, 0.15) is 19.8 Å². The van der Waals surface area contributed by atoms with Gasteiger partial charge in [-0.15, -0.1) is 18.2 Å². The van der Waals surface area contributed by atoms with Crippen LogP contribution in [0.15, 0.2) is 23.2 Å². The van der Waals surface area contributed by atoms with Crippen molar-refractivity contribution in [2.75, 3.05) is 0 Å². The second-order valence-corrected chi connectivity index (χ2v) is 3.70. The number of halogens is 2. The Hall–Kier alpha value is 0.250. The summed E-state index contributed by atoms with van der Waals surface area (Å²) >= 11 is 9.30. The second kappa shape index (κ2) is 5.99. The third-order valence-corrected chi connectivity index (χ3v) is 2.27. The highest BCUT2D eigenvalue weighted by atomic mass is 79.9. The maximum absolute atomic E-state index is 5.91. The van der Waals surface area contributed by atoms with Crippen molar-refractivity contribution in [3.05, 3.63) is 23.2 Å². The third-order valence-electron chi connectivity index (χ3n) is 1.15. The molecule has 0 aliphatic rings. The zero-order chi connectivity index (χ0) is 7.98. The van der Waals surface area contributed by atoms with E-state index in [-0.39, 0.29) is 5.38 Å². The Morgan fingerprint density at radius 1 is 1.80 bits per heavy atom. The fourth-order valence-electron chi connectivity index (χ4n) is 0.594. The summed E-state index contributed by atoms with van der Waals surface area (Å²) in [5, 5.41) is 0.183. The van der Waals surface area contributed by atoms with E-state index < -0.39 is 0 Å². The Morgan fingerprint density at radius 3 is 2.80 bits per heavy atom. The topological polar surface area (TPSA) is 0 Å². The van der Waals surface area contributed by atoms with Gasteiger partial charge in [0.05, 0.1) is 0 Å². The molecule has 0 fully saturated rings. The molecule has 1 atom stereocenters. The standard InChI is InChI=1S/C8H12BrCl/c1-3-5-8(10)6-7(9)4-2/h3-4,8H,1,5-6H2,2H3. The molecule has 0 saturated carbocycles. The monoisotopic (exact) mass is 222 g/mol. The van der Waals surface area contributed by atoms with Crippen LogP contribution in [0.25, 0.3) is 0 Å². The molecular weight excluding hydrogens is 211 g/mol. The molecule has 0 N–H and O–H groups in total. The molecule has 0 nitrogen and oxygen atoms in total. The van der Waals surface area contributed by atoms with E-state index >= 15 is 0 Å². The predicted molar refractivity (Wildman–Crippen MR) is 51.8 cm³/mol. The molecule has 58 valence electrons. The number of rotatable bonds is 4. The van der Waals surface area contributed by atoms with Crippen molar-refractivity contribution < 1.29 is 0 Å². The molecule has 0 saturated heterocycles. The molecule has 0 bridgehead atoms. The summed E-state index contributed by atoms with van der Waals surface area (Å²) in [6, 6.07) is 0. The van der Waals surface area contributed by atoms with E-state index in [2.05, 4.69) is 22.5 Å². The van der Waals surface area contributed by atoms with Gasteiger partial charge in [-0.25, -0.2) is 0 Å². The van der Waals surface area contributed by atoms with Crippen LogP contribution in [0, 0.1) is 0 Å². The summed E-state index contributed by atoms with van der Waals surface area (Å²) in [6.45, 7) is 5.60. The SMILES string of the molecule is C=CCC(Cl)CC(Br)=CC. The van der Waals surface area contributed by atoms with Gasteiger partial charge in [0.25, 0.3) is 0 Å². The summed E-state index contributed by atoms with van der Waals surface area (Å²) in [5.74, 6) is 0. The minimum atomic E-state index is 0.183. The van der Waals surface area contributed by atoms with Gasteiger partial charge in [-0.05, 0) is 24.2 Å². The van der Waals surface area contributed by atoms with Crippen LogP contribution in [0.5, 0.6) is 0 Å². The number of hydrogen-bond donors (Lipinski definition) is 0. The van der Waals surface area contributed by atoms with Gasteiger partial charge < -0.3 is 0 Å². The summed E-state index contributed by atoms with van der Waals surface area (Å²) in [7, 11) is 0.